The number of ether oxygens (including phenoxy) is 1. The van der Waals surface area contributed by atoms with Gasteiger partial charge in [0.2, 0.25) is 0 Å². The summed E-state index contributed by atoms with van der Waals surface area (Å²) in [5.41, 5.74) is 1.11. The van der Waals surface area contributed by atoms with E-state index < -0.39 is 23.4 Å². The molecule has 0 bridgehead atoms. The monoisotopic (exact) mass is 419 g/mol. The molecule has 0 N–H and O–H groups in total. The number of carbonyl (C=O) groups excluding carboxylic acids is 2. The summed E-state index contributed by atoms with van der Waals surface area (Å²) in [5.74, 6) is -1.19. The Morgan fingerprint density at radius 1 is 1.21 bits per heavy atom. The number of hydrogen-bond acceptors (Lipinski definition) is 3. The zero-order valence-corrected chi connectivity index (χ0v) is 16.7. The Hall–Kier alpha value is -2.37. The highest BCUT2D eigenvalue weighted by Crippen LogP contribution is 2.51. The van der Waals surface area contributed by atoms with Gasteiger partial charge in [-0.2, -0.15) is 0 Å². The molecule has 0 unspecified atom stereocenters. The number of imide groups is 1. The number of aryl methyl sites for hydroxylation is 1. The highest BCUT2D eigenvalue weighted by Gasteiger charge is 2.49. The summed E-state index contributed by atoms with van der Waals surface area (Å²) in [6.45, 7) is 3.24. The average molecular weight is 420 g/mol. The molecule has 4 rings (SSSR count). The summed E-state index contributed by atoms with van der Waals surface area (Å²) in [4.78, 5) is 26.3. The van der Waals surface area contributed by atoms with Crippen LogP contribution in [0.25, 0.3) is 5.57 Å². The van der Waals surface area contributed by atoms with E-state index in [0.29, 0.717) is 34.7 Å². The van der Waals surface area contributed by atoms with Crippen LogP contribution in [0, 0.1) is 5.82 Å². The summed E-state index contributed by atoms with van der Waals surface area (Å²) in [6.07, 6.45) is 2.09. The molecular weight excluding hydrogens is 404 g/mol. The highest BCUT2D eigenvalue weighted by molar-refractivity contribution is 6.41. The second-order valence-electron chi connectivity index (χ2n) is 7.25. The molecule has 2 aromatic carbocycles. The maximum atomic E-state index is 14.5. The second kappa shape index (κ2) is 6.61. The molecule has 7 heteroatoms. The summed E-state index contributed by atoms with van der Waals surface area (Å²) >= 11 is 12.2. The third-order valence-corrected chi connectivity index (χ3v) is 5.54. The van der Waals surface area contributed by atoms with Gasteiger partial charge in [0, 0.05) is 21.7 Å². The number of rotatable bonds is 3. The van der Waals surface area contributed by atoms with Crippen molar-refractivity contribution >= 4 is 46.5 Å². The first-order valence-corrected chi connectivity index (χ1v) is 9.51. The predicted octanol–water partition coefficient (Wildman–Crippen LogP) is 5.88. The molecule has 28 heavy (non-hydrogen) atoms. The Kier molecular flexibility index (Phi) is 4.47. The quantitative estimate of drug-likeness (QED) is 0.583. The van der Waals surface area contributed by atoms with Crippen LogP contribution in [-0.4, -0.2) is 12.0 Å². The van der Waals surface area contributed by atoms with Crippen LogP contribution in [0.3, 0.4) is 0 Å². The van der Waals surface area contributed by atoms with Crippen LogP contribution in [0.5, 0.6) is 0 Å². The molecule has 144 valence electrons. The van der Waals surface area contributed by atoms with Gasteiger partial charge in [-0.1, -0.05) is 41.4 Å². The molecule has 0 saturated carbocycles. The summed E-state index contributed by atoms with van der Waals surface area (Å²) in [7, 11) is 0. The topological polar surface area (TPSA) is 46.6 Å². The van der Waals surface area contributed by atoms with Gasteiger partial charge in [-0.05, 0) is 50.5 Å². The lowest BCUT2D eigenvalue weighted by atomic mass is 9.91. The number of allylic oxidation sites excluding steroid dienone is 1. The van der Waals surface area contributed by atoms with Crippen molar-refractivity contribution in [2.45, 2.75) is 32.3 Å². The first-order chi connectivity index (χ1) is 13.2. The van der Waals surface area contributed by atoms with Gasteiger partial charge in [-0.25, -0.2) is 14.1 Å². The fourth-order valence-corrected chi connectivity index (χ4v) is 4.29. The van der Waals surface area contributed by atoms with Gasteiger partial charge in [-0.3, -0.25) is 4.79 Å². The van der Waals surface area contributed by atoms with Crippen LogP contribution >= 0.6 is 23.2 Å². The van der Waals surface area contributed by atoms with Crippen molar-refractivity contribution in [3.8, 4) is 0 Å². The third kappa shape index (κ3) is 2.90. The van der Waals surface area contributed by atoms with E-state index in [1.54, 1.807) is 26.0 Å². The van der Waals surface area contributed by atoms with Gasteiger partial charge < -0.3 is 4.74 Å². The number of halogens is 3. The molecule has 2 aliphatic heterocycles. The Morgan fingerprint density at radius 3 is 2.68 bits per heavy atom. The maximum absolute atomic E-state index is 14.5. The highest BCUT2D eigenvalue weighted by atomic mass is 35.5. The van der Waals surface area contributed by atoms with E-state index in [2.05, 4.69) is 0 Å². The Labute approximate surface area is 171 Å². The van der Waals surface area contributed by atoms with Crippen LogP contribution in [0.15, 0.2) is 36.4 Å². The van der Waals surface area contributed by atoms with Crippen molar-refractivity contribution in [2.24, 2.45) is 0 Å². The molecule has 0 aliphatic carbocycles. The lowest BCUT2D eigenvalue weighted by molar-refractivity contribution is -0.113. The fraction of sp³-hybridized carbons (Fsp3) is 0.238. The van der Waals surface area contributed by atoms with Gasteiger partial charge in [-0.15, -0.1) is 0 Å². The summed E-state index contributed by atoms with van der Waals surface area (Å²) in [6, 6.07) is 8.63. The standard InChI is InChI=1S/C21H16Cl2FNO3/c1-21(2)16-17(23)15(24)10-14-13(19(26)25(18(14)16)20(27)28-21)8-4-6-11-5-3-7-12(22)9-11/h3,5,7-10H,4,6H2,1-2H3/b13-8+. The number of anilines is 1. The van der Waals surface area contributed by atoms with Gasteiger partial charge in [0.15, 0.2) is 0 Å². The number of cyclic esters (lactones) is 1. The summed E-state index contributed by atoms with van der Waals surface area (Å²) in [5, 5.41) is 0.491. The number of carbonyl (C=O) groups is 2. The molecule has 2 aromatic rings. The lowest BCUT2D eigenvalue weighted by Crippen LogP contribution is -2.44. The molecule has 4 nitrogen and oxygen atoms in total. The number of benzene rings is 2. The van der Waals surface area contributed by atoms with Gasteiger partial charge in [0.25, 0.3) is 5.91 Å². The molecule has 0 spiro atoms. The summed E-state index contributed by atoms with van der Waals surface area (Å²) < 4.78 is 19.9. The van der Waals surface area contributed by atoms with Gasteiger partial charge >= 0.3 is 6.09 Å². The minimum Gasteiger partial charge on any atom is -0.438 e. The Balaban J connectivity index is 1.77. The Bertz CT molecular complexity index is 1060. The van der Waals surface area contributed by atoms with E-state index in [1.165, 1.54) is 6.07 Å². The SMILES string of the molecule is CC1(C)OC(=O)N2C(=O)/C(=C/CCc3cccc(Cl)c3)c3cc(F)c(Cl)c1c32. The van der Waals surface area contributed by atoms with Crippen LogP contribution in [-0.2, 0) is 21.6 Å². The minimum atomic E-state index is -1.15. The van der Waals surface area contributed by atoms with E-state index in [-0.39, 0.29) is 10.6 Å². The molecule has 0 saturated heterocycles. The van der Waals surface area contributed by atoms with Crippen molar-refractivity contribution in [3.63, 3.8) is 0 Å². The molecule has 2 heterocycles. The van der Waals surface area contributed by atoms with Crippen molar-refractivity contribution in [3.05, 3.63) is 69.0 Å². The van der Waals surface area contributed by atoms with E-state index in [9.17, 15) is 14.0 Å². The zero-order chi connectivity index (χ0) is 20.2. The number of hydrogen-bond donors (Lipinski definition) is 0. The molecule has 0 radical (unpaired) electrons. The fourth-order valence-electron chi connectivity index (χ4n) is 3.70. The van der Waals surface area contributed by atoms with Crippen molar-refractivity contribution in [2.75, 3.05) is 4.90 Å². The zero-order valence-electron chi connectivity index (χ0n) is 15.2. The van der Waals surface area contributed by atoms with E-state index in [4.69, 9.17) is 27.9 Å². The van der Waals surface area contributed by atoms with E-state index in [1.807, 2.05) is 18.2 Å². The van der Waals surface area contributed by atoms with Crippen LogP contribution in [0.2, 0.25) is 10.0 Å². The largest absolute Gasteiger partial charge is 0.438 e. The predicted molar refractivity (Wildman–Crippen MR) is 106 cm³/mol. The smallest absolute Gasteiger partial charge is 0.422 e. The number of nitrogens with zero attached hydrogens (tertiary/aromatic N) is 1. The molecular formula is C21H16Cl2FNO3. The van der Waals surface area contributed by atoms with Gasteiger partial charge in [0.05, 0.1) is 10.7 Å². The van der Waals surface area contributed by atoms with Gasteiger partial charge in [0.1, 0.15) is 11.4 Å². The van der Waals surface area contributed by atoms with Crippen LogP contribution < -0.4 is 4.90 Å². The molecule has 2 aliphatic rings. The van der Waals surface area contributed by atoms with E-state index in [0.717, 1.165) is 10.5 Å². The number of amides is 2. The molecule has 0 fully saturated rings. The first kappa shape index (κ1) is 19.0. The van der Waals surface area contributed by atoms with Crippen molar-refractivity contribution in [1.29, 1.82) is 0 Å². The second-order valence-corrected chi connectivity index (χ2v) is 8.06. The van der Waals surface area contributed by atoms with Crippen LogP contribution in [0.1, 0.15) is 37.0 Å². The average Bonchev–Trinajstić information content (AvgIpc) is 2.86. The molecule has 2 amide bonds. The van der Waals surface area contributed by atoms with Crippen molar-refractivity contribution in [1.82, 2.24) is 0 Å². The van der Waals surface area contributed by atoms with Crippen molar-refractivity contribution < 1.29 is 18.7 Å². The van der Waals surface area contributed by atoms with E-state index >= 15 is 0 Å². The third-order valence-electron chi connectivity index (χ3n) is 4.94. The molecule has 0 aromatic heterocycles. The van der Waals surface area contributed by atoms with Crippen LogP contribution in [0.4, 0.5) is 14.9 Å². The Morgan fingerprint density at radius 2 is 1.96 bits per heavy atom. The normalized spacial score (nSPS) is 18.5. The minimum absolute atomic E-state index is 0.144. The first-order valence-electron chi connectivity index (χ1n) is 8.75. The maximum Gasteiger partial charge on any atom is 0.422 e. The molecule has 0 atom stereocenters. The lowest BCUT2D eigenvalue weighted by Gasteiger charge is -2.36.